The Hall–Kier alpha value is -3.59. The van der Waals surface area contributed by atoms with Gasteiger partial charge in [0.25, 0.3) is 11.8 Å². The third-order valence-electron chi connectivity index (χ3n) is 4.13. The topological polar surface area (TPSA) is 108 Å². The Bertz CT molecular complexity index is 1120. The van der Waals surface area contributed by atoms with Crippen LogP contribution in [0.1, 0.15) is 27.6 Å². The van der Waals surface area contributed by atoms with Crippen LogP contribution in [0.4, 0.5) is 10.8 Å². The van der Waals surface area contributed by atoms with E-state index in [9.17, 15) is 19.2 Å². The number of fused-ring (bicyclic) bond motifs is 2. The molecule has 0 fully saturated rings. The number of nitrogens with zero attached hydrogens (tertiary/aromatic N) is 2. The van der Waals surface area contributed by atoms with Gasteiger partial charge < -0.3 is 10.6 Å². The minimum atomic E-state index is -0.494. The van der Waals surface area contributed by atoms with Gasteiger partial charge in [-0.25, -0.2) is 4.98 Å². The van der Waals surface area contributed by atoms with Crippen molar-refractivity contribution in [2.45, 2.75) is 6.92 Å². The van der Waals surface area contributed by atoms with Crippen molar-refractivity contribution in [1.29, 1.82) is 0 Å². The van der Waals surface area contributed by atoms with Crippen molar-refractivity contribution in [3.8, 4) is 0 Å². The van der Waals surface area contributed by atoms with Crippen LogP contribution in [0, 0.1) is 0 Å². The molecule has 0 unspecified atom stereocenters. The van der Waals surface area contributed by atoms with Gasteiger partial charge in [-0.3, -0.25) is 24.1 Å². The van der Waals surface area contributed by atoms with Gasteiger partial charge in [0.15, 0.2) is 5.13 Å². The second-order valence-electron chi connectivity index (χ2n) is 6.17. The summed E-state index contributed by atoms with van der Waals surface area (Å²) in [7, 11) is 0. The molecule has 9 heteroatoms. The number of aromatic nitrogens is 1. The van der Waals surface area contributed by atoms with Crippen LogP contribution in [0.3, 0.4) is 0 Å². The van der Waals surface area contributed by atoms with E-state index < -0.39 is 17.7 Å². The second kappa shape index (κ2) is 6.86. The predicted octanol–water partition coefficient (Wildman–Crippen LogP) is 2.49. The van der Waals surface area contributed by atoms with Crippen LogP contribution in [0.5, 0.6) is 0 Å². The molecule has 0 saturated carbocycles. The first kappa shape index (κ1) is 17.8. The predicted molar refractivity (Wildman–Crippen MR) is 104 cm³/mol. The monoisotopic (exact) mass is 394 g/mol. The summed E-state index contributed by atoms with van der Waals surface area (Å²) in [6, 6.07) is 11.6. The Morgan fingerprint density at radius 1 is 1.04 bits per heavy atom. The van der Waals surface area contributed by atoms with Gasteiger partial charge in [-0.2, -0.15) is 0 Å². The molecule has 1 aliphatic rings. The maximum absolute atomic E-state index is 12.4. The first-order chi connectivity index (χ1) is 13.4. The fourth-order valence-corrected chi connectivity index (χ4v) is 3.83. The van der Waals surface area contributed by atoms with E-state index in [2.05, 4.69) is 15.6 Å². The van der Waals surface area contributed by atoms with E-state index in [1.807, 2.05) is 0 Å². The van der Waals surface area contributed by atoms with Crippen molar-refractivity contribution in [2.75, 3.05) is 17.2 Å². The summed E-state index contributed by atoms with van der Waals surface area (Å²) < 4.78 is 0.849. The maximum atomic E-state index is 12.4. The molecule has 0 bridgehead atoms. The van der Waals surface area contributed by atoms with Crippen LogP contribution in [0.15, 0.2) is 42.5 Å². The second-order valence-corrected chi connectivity index (χ2v) is 7.20. The molecule has 2 heterocycles. The summed E-state index contributed by atoms with van der Waals surface area (Å²) in [6.07, 6.45) is 0. The lowest BCUT2D eigenvalue weighted by Crippen LogP contribution is -2.37. The molecule has 0 atom stereocenters. The molecule has 1 aromatic heterocycles. The molecule has 4 amide bonds. The van der Waals surface area contributed by atoms with Crippen LogP contribution >= 0.6 is 11.3 Å². The molecule has 0 aliphatic carbocycles. The largest absolute Gasteiger partial charge is 0.324 e. The minimum absolute atomic E-state index is 0.214. The lowest BCUT2D eigenvalue weighted by atomic mass is 10.1. The Morgan fingerprint density at radius 3 is 2.36 bits per heavy atom. The number of thiazole rings is 1. The van der Waals surface area contributed by atoms with Crippen LogP contribution in [0.25, 0.3) is 10.2 Å². The first-order valence-electron chi connectivity index (χ1n) is 8.35. The van der Waals surface area contributed by atoms with Gasteiger partial charge in [-0.1, -0.05) is 23.5 Å². The van der Waals surface area contributed by atoms with Gasteiger partial charge >= 0.3 is 0 Å². The van der Waals surface area contributed by atoms with Crippen molar-refractivity contribution < 1.29 is 19.2 Å². The zero-order valence-corrected chi connectivity index (χ0v) is 15.5. The molecule has 1 aliphatic heterocycles. The fourth-order valence-electron chi connectivity index (χ4n) is 2.94. The SMILES string of the molecule is CC(=O)Nc1nc2cc(NC(=O)CN3C(=O)c4ccccc4C3=O)ccc2s1. The Morgan fingerprint density at radius 2 is 1.71 bits per heavy atom. The van der Waals surface area contributed by atoms with Gasteiger partial charge in [0, 0.05) is 12.6 Å². The molecule has 2 N–H and O–H groups in total. The Kier molecular flexibility index (Phi) is 4.36. The van der Waals surface area contributed by atoms with Crippen molar-refractivity contribution in [3.63, 3.8) is 0 Å². The summed E-state index contributed by atoms with van der Waals surface area (Å²) >= 11 is 1.32. The zero-order chi connectivity index (χ0) is 19.8. The highest BCUT2D eigenvalue weighted by Gasteiger charge is 2.36. The molecule has 3 aromatic rings. The number of rotatable bonds is 4. The number of nitrogens with one attached hydrogen (secondary N) is 2. The number of benzene rings is 2. The highest BCUT2D eigenvalue weighted by molar-refractivity contribution is 7.22. The average Bonchev–Trinajstić information content (AvgIpc) is 3.15. The van der Waals surface area contributed by atoms with Crippen molar-refractivity contribution >= 4 is 56.0 Å². The maximum Gasteiger partial charge on any atom is 0.262 e. The summed E-state index contributed by atoms with van der Waals surface area (Å²) in [6.45, 7) is 1.02. The Balaban J connectivity index is 1.47. The molecule has 0 saturated heterocycles. The highest BCUT2D eigenvalue weighted by atomic mass is 32.1. The smallest absolute Gasteiger partial charge is 0.262 e. The van der Waals surface area contributed by atoms with Crippen molar-refractivity contribution in [1.82, 2.24) is 9.88 Å². The number of carbonyl (C=O) groups is 4. The zero-order valence-electron chi connectivity index (χ0n) is 14.7. The molecule has 140 valence electrons. The van der Waals surface area contributed by atoms with Crippen LogP contribution in [0.2, 0.25) is 0 Å². The van der Waals surface area contributed by atoms with Crippen LogP contribution in [-0.2, 0) is 9.59 Å². The van der Waals surface area contributed by atoms with E-state index in [-0.39, 0.29) is 12.5 Å². The molecular weight excluding hydrogens is 380 g/mol. The number of anilines is 2. The van der Waals surface area contributed by atoms with E-state index in [1.54, 1.807) is 42.5 Å². The van der Waals surface area contributed by atoms with E-state index in [1.165, 1.54) is 18.3 Å². The molecule has 0 spiro atoms. The fraction of sp³-hybridized carbons (Fsp3) is 0.105. The lowest BCUT2D eigenvalue weighted by molar-refractivity contribution is -0.116. The van der Waals surface area contributed by atoms with Crippen LogP contribution < -0.4 is 10.6 Å². The quantitative estimate of drug-likeness (QED) is 0.661. The van der Waals surface area contributed by atoms with Crippen LogP contribution in [-0.4, -0.2) is 40.1 Å². The molecule has 8 nitrogen and oxygen atoms in total. The minimum Gasteiger partial charge on any atom is -0.324 e. The van der Waals surface area contributed by atoms with Gasteiger partial charge in [-0.05, 0) is 30.3 Å². The van der Waals surface area contributed by atoms with Gasteiger partial charge in [0.05, 0.1) is 21.3 Å². The number of hydrogen-bond donors (Lipinski definition) is 2. The van der Waals surface area contributed by atoms with E-state index >= 15 is 0 Å². The van der Waals surface area contributed by atoms with Gasteiger partial charge in [0.1, 0.15) is 6.54 Å². The third kappa shape index (κ3) is 3.23. The summed E-state index contributed by atoms with van der Waals surface area (Å²) in [4.78, 5) is 53.4. The lowest BCUT2D eigenvalue weighted by Gasteiger charge is -2.13. The molecule has 4 rings (SSSR count). The third-order valence-corrected chi connectivity index (χ3v) is 5.09. The first-order valence-corrected chi connectivity index (χ1v) is 9.17. The Labute approximate surface area is 163 Å². The molecule has 28 heavy (non-hydrogen) atoms. The number of hydrogen-bond acceptors (Lipinski definition) is 6. The normalized spacial score (nSPS) is 13.0. The number of amides is 4. The molecule has 2 aromatic carbocycles. The summed E-state index contributed by atoms with van der Waals surface area (Å²) in [5.41, 5.74) is 1.70. The molecular formula is C19H14N4O4S. The number of carbonyl (C=O) groups excluding carboxylic acids is 4. The van der Waals surface area contributed by atoms with Crippen molar-refractivity contribution in [3.05, 3.63) is 53.6 Å². The van der Waals surface area contributed by atoms with Gasteiger partial charge in [-0.15, -0.1) is 0 Å². The summed E-state index contributed by atoms with van der Waals surface area (Å²) in [5.74, 6) is -1.67. The highest BCUT2D eigenvalue weighted by Crippen LogP contribution is 2.28. The van der Waals surface area contributed by atoms with Gasteiger partial charge in [0.2, 0.25) is 11.8 Å². The van der Waals surface area contributed by atoms with E-state index in [0.29, 0.717) is 27.5 Å². The van der Waals surface area contributed by atoms with E-state index in [0.717, 1.165) is 9.60 Å². The van der Waals surface area contributed by atoms with E-state index in [4.69, 9.17) is 0 Å². The standard InChI is InChI=1S/C19H14N4O4S/c1-10(24)20-19-22-14-8-11(6-7-15(14)28-19)21-16(25)9-23-17(26)12-4-2-3-5-13(12)18(23)27/h2-8H,9H2,1H3,(H,21,25)(H,20,22,24). The average molecular weight is 394 g/mol. The number of imide groups is 1. The van der Waals surface area contributed by atoms with Crippen molar-refractivity contribution in [2.24, 2.45) is 0 Å². The molecule has 0 radical (unpaired) electrons. The summed E-state index contributed by atoms with van der Waals surface area (Å²) in [5, 5.41) is 5.76.